The van der Waals surface area contributed by atoms with Crippen molar-refractivity contribution in [1.82, 2.24) is 24.3 Å². The summed E-state index contributed by atoms with van der Waals surface area (Å²) in [5.41, 5.74) is 1.09. The smallest absolute Gasteiger partial charge is 0.332 e. The van der Waals surface area contributed by atoms with Crippen LogP contribution in [0.2, 0.25) is 0 Å². The predicted octanol–water partition coefficient (Wildman–Crippen LogP) is 2.37. The van der Waals surface area contributed by atoms with E-state index >= 15 is 0 Å². The zero-order valence-electron chi connectivity index (χ0n) is 18.3. The molecule has 1 aromatic carbocycles. The summed E-state index contributed by atoms with van der Waals surface area (Å²) in [6.07, 6.45) is 0. The molecule has 4 aromatic rings. The molecule has 3 aromatic heterocycles. The normalized spacial score (nSPS) is 11.3. The predicted molar refractivity (Wildman–Crippen MR) is 119 cm³/mol. The number of amides is 1. The van der Waals surface area contributed by atoms with E-state index in [-0.39, 0.29) is 22.6 Å². The van der Waals surface area contributed by atoms with Crippen LogP contribution in [0.3, 0.4) is 0 Å². The van der Waals surface area contributed by atoms with E-state index in [9.17, 15) is 14.4 Å². The largest absolute Gasteiger partial charge is 0.334 e. The molecule has 10 heteroatoms. The Kier molecular flexibility index (Phi) is 5.21. The van der Waals surface area contributed by atoms with Crippen molar-refractivity contribution in [3.05, 3.63) is 68.3 Å². The highest BCUT2D eigenvalue weighted by Gasteiger charge is 2.20. The summed E-state index contributed by atoms with van der Waals surface area (Å²) in [6.45, 7) is 5.76. The Balaban J connectivity index is 1.76. The number of carbonyl (C=O) groups excluding carboxylic acids is 1. The summed E-state index contributed by atoms with van der Waals surface area (Å²) in [5, 5.41) is 7.09. The summed E-state index contributed by atoms with van der Waals surface area (Å²) in [7, 11) is 2.90. The highest BCUT2D eigenvalue weighted by Crippen LogP contribution is 2.31. The van der Waals surface area contributed by atoms with Crippen LogP contribution in [0.25, 0.3) is 22.5 Å². The van der Waals surface area contributed by atoms with Crippen LogP contribution in [0.15, 0.2) is 44.4 Å². The number of benzene rings is 1. The molecule has 0 radical (unpaired) electrons. The van der Waals surface area contributed by atoms with E-state index in [1.54, 1.807) is 6.07 Å². The molecule has 0 saturated heterocycles. The molecule has 0 fully saturated rings. The van der Waals surface area contributed by atoms with Gasteiger partial charge in [0.25, 0.3) is 17.4 Å². The fraction of sp³-hybridized carbons (Fsp3) is 0.273. The molecule has 0 atom stereocenters. The third-order valence-electron chi connectivity index (χ3n) is 5.23. The van der Waals surface area contributed by atoms with E-state index < -0.39 is 17.2 Å². The average Bonchev–Trinajstić information content (AvgIpc) is 3.27. The van der Waals surface area contributed by atoms with E-state index in [1.807, 2.05) is 32.9 Å². The number of hydrogen-bond donors (Lipinski definition) is 1. The molecule has 0 unspecified atom stereocenters. The van der Waals surface area contributed by atoms with Gasteiger partial charge in [-0.25, -0.2) is 9.78 Å². The van der Waals surface area contributed by atoms with Crippen LogP contribution in [-0.2, 0) is 14.1 Å². The second-order valence-electron chi connectivity index (χ2n) is 7.84. The first-order valence-electron chi connectivity index (χ1n) is 10.0. The number of fused-ring (bicyclic) bond motifs is 1. The average molecular weight is 434 g/mol. The van der Waals surface area contributed by atoms with Gasteiger partial charge in [0.1, 0.15) is 11.3 Å². The van der Waals surface area contributed by atoms with Crippen molar-refractivity contribution in [2.24, 2.45) is 14.1 Å². The van der Waals surface area contributed by atoms with Crippen LogP contribution in [0.4, 0.5) is 5.69 Å². The monoisotopic (exact) mass is 434 g/mol. The number of aryl methyl sites for hydroxylation is 2. The third kappa shape index (κ3) is 3.49. The highest BCUT2D eigenvalue weighted by atomic mass is 16.5. The van der Waals surface area contributed by atoms with Crippen LogP contribution in [0.5, 0.6) is 0 Å². The van der Waals surface area contributed by atoms with Crippen LogP contribution in [0.1, 0.15) is 41.6 Å². The van der Waals surface area contributed by atoms with Gasteiger partial charge in [0, 0.05) is 20.0 Å². The van der Waals surface area contributed by atoms with E-state index in [0.717, 1.165) is 10.1 Å². The molecule has 0 aliphatic rings. The van der Waals surface area contributed by atoms with Crippen molar-refractivity contribution in [2.45, 2.75) is 26.7 Å². The molecule has 0 aliphatic heterocycles. The Bertz CT molecular complexity index is 1480. The molecule has 164 valence electrons. The van der Waals surface area contributed by atoms with Crippen molar-refractivity contribution < 1.29 is 9.32 Å². The number of nitrogens with zero attached hydrogens (tertiary/aromatic N) is 5. The molecule has 0 bridgehead atoms. The summed E-state index contributed by atoms with van der Waals surface area (Å²) >= 11 is 0. The Morgan fingerprint density at radius 3 is 2.50 bits per heavy atom. The van der Waals surface area contributed by atoms with E-state index in [0.29, 0.717) is 23.0 Å². The van der Waals surface area contributed by atoms with Gasteiger partial charge in [-0.2, -0.15) is 4.98 Å². The fourth-order valence-electron chi connectivity index (χ4n) is 3.35. The third-order valence-corrected chi connectivity index (χ3v) is 5.23. The Labute approximate surface area is 182 Å². The van der Waals surface area contributed by atoms with Crippen LogP contribution in [-0.4, -0.2) is 30.2 Å². The maximum Gasteiger partial charge on any atom is 0.332 e. The van der Waals surface area contributed by atoms with Gasteiger partial charge in [0.2, 0.25) is 0 Å². The van der Waals surface area contributed by atoms with Crippen molar-refractivity contribution in [3.8, 4) is 11.5 Å². The summed E-state index contributed by atoms with van der Waals surface area (Å²) in [6, 6.07) is 8.40. The molecular formula is C22H22N6O4. The first-order valence-corrected chi connectivity index (χ1v) is 10.0. The number of rotatable bonds is 4. The number of para-hydroxylation sites is 1. The molecule has 3 heterocycles. The van der Waals surface area contributed by atoms with Gasteiger partial charge >= 0.3 is 5.69 Å². The van der Waals surface area contributed by atoms with E-state index in [1.165, 1.54) is 30.8 Å². The lowest BCUT2D eigenvalue weighted by molar-refractivity contribution is 0.102. The molecule has 32 heavy (non-hydrogen) atoms. The van der Waals surface area contributed by atoms with Gasteiger partial charge in [-0.15, -0.1) is 0 Å². The standard InChI is InChI=1S/C22H22N6O4/c1-11(2)17-25-20(32-26-17)13-8-6-7-12(3)16(13)24-19(29)15-10-9-14-18(23-15)27(4)22(31)28(5)21(14)30/h6-11H,1-5H3,(H,24,29). The van der Waals surface area contributed by atoms with Crippen molar-refractivity contribution in [2.75, 3.05) is 5.32 Å². The SMILES string of the molecule is Cc1cccc(-c2nc(C(C)C)no2)c1NC(=O)c1ccc2c(=O)n(C)c(=O)n(C)c2n1. The van der Waals surface area contributed by atoms with Gasteiger partial charge in [0.15, 0.2) is 5.82 Å². The molecule has 0 aliphatic carbocycles. The minimum atomic E-state index is -0.522. The minimum Gasteiger partial charge on any atom is -0.334 e. The molecule has 0 saturated carbocycles. The Hall–Kier alpha value is -4.08. The molecule has 10 nitrogen and oxygen atoms in total. The van der Waals surface area contributed by atoms with Gasteiger partial charge in [-0.3, -0.25) is 18.7 Å². The molecule has 1 N–H and O–H groups in total. The lowest BCUT2D eigenvalue weighted by atomic mass is 10.1. The van der Waals surface area contributed by atoms with Gasteiger partial charge in [-0.1, -0.05) is 31.1 Å². The molecule has 4 rings (SSSR count). The number of nitrogens with one attached hydrogen (secondary N) is 1. The minimum absolute atomic E-state index is 0.0587. The Morgan fingerprint density at radius 1 is 1.06 bits per heavy atom. The molecule has 0 spiro atoms. The number of carbonyl (C=O) groups is 1. The number of pyridine rings is 1. The Morgan fingerprint density at radius 2 is 1.81 bits per heavy atom. The van der Waals surface area contributed by atoms with Crippen molar-refractivity contribution in [1.29, 1.82) is 0 Å². The lowest BCUT2D eigenvalue weighted by Crippen LogP contribution is -2.37. The maximum atomic E-state index is 13.0. The maximum absolute atomic E-state index is 13.0. The summed E-state index contributed by atoms with van der Waals surface area (Å²) < 4.78 is 7.64. The van der Waals surface area contributed by atoms with Crippen LogP contribution < -0.4 is 16.6 Å². The van der Waals surface area contributed by atoms with E-state index in [2.05, 4.69) is 20.4 Å². The van der Waals surface area contributed by atoms with Gasteiger partial charge in [-0.05, 0) is 30.7 Å². The quantitative estimate of drug-likeness (QED) is 0.523. The fourth-order valence-corrected chi connectivity index (χ4v) is 3.35. The van der Waals surface area contributed by atoms with Crippen LogP contribution in [0, 0.1) is 6.92 Å². The first kappa shape index (κ1) is 21.2. The van der Waals surface area contributed by atoms with E-state index in [4.69, 9.17) is 4.52 Å². The van der Waals surface area contributed by atoms with Crippen molar-refractivity contribution >= 4 is 22.6 Å². The molecular weight excluding hydrogens is 412 g/mol. The summed E-state index contributed by atoms with van der Waals surface area (Å²) in [4.78, 5) is 46.3. The first-order chi connectivity index (χ1) is 15.2. The number of aromatic nitrogens is 5. The zero-order valence-corrected chi connectivity index (χ0v) is 18.3. The van der Waals surface area contributed by atoms with Gasteiger partial charge < -0.3 is 9.84 Å². The zero-order chi connectivity index (χ0) is 23.2. The number of hydrogen-bond acceptors (Lipinski definition) is 7. The summed E-state index contributed by atoms with van der Waals surface area (Å²) in [5.74, 6) is 0.457. The van der Waals surface area contributed by atoms with Crippen LogP contribution >= 0.6 is 0 Å². The number of anilines is 1. The topological polar surface area (TPSA) is 125 Å². The lowest BCUT2D eigenvalue weighted by Gasteiger charge is -2.12. The second kappa shape index (κ2) is 7.88. The second-order valence-corrected chi connectivity index (χ2v) is 7.84. The molecule has 1 amide bonds. The van der Waals surface area contributed by atoms with Gasteiger partial charge in [0.05, 0.1) is 16.6 Å². The van der Waals surface area contributed by atoms with Crippen molar-refractivity contribution in [3.63, 3.8) is 0 Å². The highest BCUT2D eigenvalue weighted by molar-refractivity contribution is 6.06.